The number of carbonyl (C=O) groups excluding carboxylic acids is 3. The molecule has 0 saturated carbocycles. The van der Waals surface area contributed by atoms with E-state index in [2.05, 4.69) is 15.3 Å². The summed E-state index contributed by atoms with van der Waals surface area (Å²) in [6.07, 6.45) is 1.69. The molecule has 3 amide bonds. The second-order valence-electron chi connectivity index (χ2n) is 9.60. The number of benzene rings is 1. The van der Waals surface area contributed by atoms with Crippen molar-refractivity contribution in [2.24, 2.45) is 0 Å². The van der Waals surface area contributed by atoms with E-state index in [-0.39, 0.29) is 36.4 Å². The van der Waals surface area contributed by atoms with E-state index >= 15 is 0 Å². The lowest BCUT2D eigenvalue weighted by atomic mass is 10.1. The van der Waals surface area contributed by atoms with Crippen molar-refractivity contribution in [1.82, 2.24) is 20.0 Å². The van der Waals surface area contributed by atoms with Gasteiger partial charge in [-0.05, 0) is 52.3 Å². The number of imide groups is 1. The van der Waals surface area contributed by atoms with Crippen molar-refractivity contribution < 1.29 is 19.1 Å². The van der Waals surface area contributed by atoms with Gasteiger partial charge >= 0.3 is 6.09 Å². The third-order valence-corrected chi connectivity index (χ3v) is 5.91. The summed E-state index contributed by atoms with van der Waals surface area (Å²) in [5.41, 5.74) is 0.0268. The standard InChI is InChI=1S/C23H29N5O5/c1-14-13-26(22(32)33-23(2,3)4)9-10-27(14)16-5-6-17-15(11-16)12-24-28(21(17)31)18-7-8-19(29)25-20(18)30/h5-6,11-12,14,18H,7-10,13H2,1-4H3,(H,25,29,30). The molecule has 176 valence electrons. The van der Waals surface area contributed by atoms with Gasteiger partial charge in [0.25, 0.3) is 11.5 Å². The molecule has 1 aromatic carbocycles. The SMILES string of the molecule is CC1CN(C(=O)OC(C)(C)C)CCN1c1ccc2c(=O)n(C3CCC(=O)NC3=O)ncc2c1. The number of hydrogen-bond donors (Lipinski definition) is 1. The second-order valence-corrected chi connectivity index (χ2v) is 9.60. The van der Waals surface area contributed by atoms with Gasteiger partial charge in [-0.3, -0.25) is 19.7 Å². The first-order valence-corrected chi connectivity index (χ1v) is 11.1. The van der Waals surface area contributed by atoms with Gasteiger partial charge in [-0.1, -0.05) is 0 Å². The smallest absolute Gasteiger partial charge is 0.410 e. The highest BCUT2D eigenvalue weighted by atomic mass is 16.6. The van der Waals surface area contributed by atoms with Crippen molar-refractivity contribution in [3.05, 3.63) is 34.7 Å². The van der Waals surface area contributed by atoms with Crippen molar-refractivity contribution in [2.75, 3.05) is 24.5 Å². The maximum absolute atomic E-state index is 13.0. The lowest BCUT2D eigenvalue weighted by molar-refractivity contribution is -0.136. The molecule has 0 radical (unpaired) electrons. The van der Waals surface area contributed by atoms with E-state index < -0.39 is 17.6 Å². The van der Waals surface area contributed by atoms with E-state index in [1.54, 1.807) is 17.2 Å². The number of fused-ring (bicyclic) bond motifs is 1. The Kier molecular flexibility index (Phi) is 5.85. The molecular weight excluding hydrogens is 426 g/mol. The summed E-state index contributed by atoms with van der Waals surface area (Å²) in [5.74, 6) is -0.843. The number of rotatable bonds is 2. The summed E-state index contributed by atoms with van der Waals surface area (Å²) >= 11 is 0. The zero-order valence-electron chi connectivity index (χ0n) is 19.3. The predicted molar refractivity (Wildman–Crippen MR) is 122 cm³/mol. The van der Waals surface area contributed by atoms with Crippen LogP contribution < -0.4 is 15.8 Å². The van der Waals surface area contributed by atoms with E-state index in [1.807, 2.05) is 39.8 Å². The fourth-order valence-electron chi connectivity index (χ4n) is 4.30. The Morgan fingerprint density at radius 2 is 1.94 bits per heavy atom. The van der Waals surface area contributed by atoms with Crippen LogP contribution in [0.1, 0.15) is 46.6 Å². The van der Waals surface area contributed by atoms with E-state index in [0.29, 0.717) is 30.4 Å². The summed E-state index contributed by atoms with van der Waals surface area (Å²) in [5, 5.41) is 7.61. The third kappa shape index (κ3) is 4.69. The fraction of sp³-hybridized carbons (Fsp3) is 0.522. The Morgan fingerprint density at radius 3 is 2.61 bits per heavy atom. The molecule has 1 aromatic heterocycles. The van der Waals surface area contributed by atoms with E-state index in [0.717, 1.165) is 10.4 Å². The molecule has 0 spiro atoms. The number of nitrogens with one attached hydrogen (secondary N) is 1. The molecule has 2 atom stereocenters. The lowest BCUT2D eigenvalue weighted by Crippen LogP contribution is -2.54. The maximum Gasteiger partial charge on any atom is 0.410 e. The molecule has 0 aliphatic carbocycles. The number of amides is 3. The molecule has 33 heavy (non-hydrogen) atoms. The summed E-state index contributed by atoms with van der Waals surface area (Å²) in [6, 6.07) is 4.78. The molecule has 0 bridgehead atoms. The summed E-state index contributed by atoms with van der Waals surface area (Å²) < 4.78 is 6.65. The average molecular weight is 456 g/mol. The van der Waals surface area contributed by atoms with Gasteiger partial charge in [0.05, 0.1) is 11.6 Å². The van der Waals surface area contributed by atoms with Crippen LogP contribution in [0.15, 0.2) is 29.2 Å². The van der Waals surface area contributed by atoms with Crippen molar-refractivity contribution in [3.8, 4) is 0 Å². The van der Waals surface area contributed by atoms with Crippen LogP contribution in [-0.4, -0.2) is 63.9 Å². The zero-order valence-corrected chi connectivity index (χ0v) is 19.3. The number of hydrogen-bond acceptors (Lipinski definition) is 7. The number of nitrogens with zero attached hydrogens (tertiary/aromatic N) is 4. The van der Waals surface area contributed by atoms with Crippen LogP contribution >= 0.6 is 0 Å². The Labute approximate surface area is 191 Å². The molecule has 2 unspecified atom stereocenters. The normalized spacial score (nSPS) is 21.8. The van der Waals surface area contributed by atoms with Crippen LogP contribution in [0.2, 0.25) is 0 Å². The second kappa shape index (κ2) is 8.49. The lowest BCUT2D eigenvalue weighted by Gasteiger charge is -2.41. The van der Waals surface area contributed by atoms with Crippen LogP contribution in [0, 0.1) is 0 Å². The molecule has 3 heterocycles. The van der Waals surface area contributed by atoms with Gasteiger partial charge in [0, 0.05) is 43.2 Å². The molecule has 2 aliphatic rings. The van der Waals surface area contributed by atoms with Crippen LogP contribution in [0.3, 0.4) is 0 Å². The average Bonchev–Trinajstić information content (AvgIpc) is 2.73. The Balaban J connectivity index is 1.53. The first-order chi connectivity index (χ1) is 15.5. The summed E-state index contributed by atoms with van der Waals surface area (Å²) in [6.45, 7) is 9.28. The van der Waals surface area contributed by atoms with E-state index in [9.17, 15) is 19.2 Å². The van der Waals surface area contributed by atoms with Crippen molar-refractivity contribution in [1.29, 1.82) is 0 Å². The molecule has 2 aromatic rings. The largest absolute Gasteiger partial charge is 0.444 e. The minimum atomic E-state index is -0.791. The number of piperidine rings is 1. The molecule has 4 rings (SSSR count). The molecule has 10 nitrogen and oxygen atoms in total. The molecular formula is C23H29N5O5. The van der Waals surface area contributed by atoms with Crippen LogP contribution in [0.4, 0.5) is 10.5 Å². The summed E-state index contributed by atoms with van der Waals surface area (Å²) in [7, 11) is 0. The van der Waals surface area contributed by atoms with Crippen LogP contribution in [0.5, 0.6) is 0 Å². The Hall–Kier alpha value is -3.43. The minimum absolute atomic E-state index is 0.0560. The number of aromatic nitrogens is 2. The van der Waals surface area contributed by atoms with Gasteiger partial charge in [-0.2, -0.15) is 5.10 Å². The Bertz CT molecular complexity index is 1170. The molecule has 2 saturated heterocycles. The molecule has 1 N–H and O–H groups in total. The fourth-order valence-corrected chi connectivity index (χ4v) is 4.30. The van der Waals surface area contributed by atoms with Crippen molar-refractivity contribution in [3.63, 3.8) is 0 Å². The minimum Gasteiger partial charge on any atom is -0.444 e. The number of carbonyl (C=O) groups is 3. The van der Waals surface area contributed by atoms with Gasteiger partial charge in [-0.15, -0.1) is 0 Å². The van der Waals surface area contributed by atoms with Crippen molar-refractivity contribution >= 4 is 34.4 Å². The predicted octanol–water partition coefficient (Wildman–Crippen LogP) is 1.82. The number of anilines is 1. The van der Waals surface area contributed by atoms with Crippen molar-refractivity contribution in [2.45, 2.75) is 58.2 Å². The summed E-state index contributed by atoms with van der Waals surface area (Å²) in [4.78, 5) is 52.9. The molecule has 10 heteroatoms. The third-order valence-electron chi connectivity index (χ3n) is 5.91. The number of ether oxygens (including phenoxy) is 1. The maximum atomic E-state index is 13.0. The van der Waals surface area contributed by atoms with Crippen LogP contribution in [0.25, 0.3) is 10.8 Å². The highest BCUT2D eigenvalue weighted by molar-refractivity contribution is 5.99. The first kappa shape index (κ1) is 22.8. The first-order valence-electron chi connectivity index (χ1n) is 11.1. The highest BCUT2D eigenvalue weighted by Crippen LogP contribution is 2.25. The Morgan fingerprint density at radius 1 is 1.18 bits per heavy atom. The van der Waals surface area contributed by atoms with E-state index in [1.165, 1.54) is 0 Å². The van der Waals surface area contributed by atoms with Gasteiger partial charge in [0.1, 0.15) is 11.6 Å². The van der Waals surface area contributed by atoms with Gasteiger partial charge < -0.3 is 14.5 Å². The molecule has 2 fully saturated rings. The quantitative estimate of drug-likeness (QED) is 0.687. The van der Waals surface area contributed by atoms with Crippen LogP contribution in [-0.2, 0) is 14.3 Å². The monoisotopic (exact) mass is 455 g/mol. The topological polar surface area (TPSA) is 114 Å². The number of piperazine rings is 1. The van der Waals surface area contributed by atoms with Gasteiger partial charge in [-0.25, -0.2) is 9.48 Å². The van der Waals surface area contributed by atoms with Gasteiger partial charge in [0.15, 0.2) is 0 Å². The highest BCUT2D eigenvalue weighted by Gasteiger charge is 2.31. The molecule has 2 aliphatic heterocycles. The zero-order chi connectivity index (χ0) is 23.9. The van der Waals surface area contributed by atoms with E-state index in [4.69, 9.17) is 4.74 Å². The van der Waals surface area contributed by atoms with Gasteiger partial charge in [0.2, 0.25) is 5.91 Å².